The molecule has 0 radical (unpaired) electrons. The molecule has 0 saturated carbocycles. The molecule has 6 heteroatoms. The van der Waals surface area contributed by atoms with Gasteiger partial charge in [-0.25, -0.2) is 9.97 Å². The average molecular weight is 288 g/mol. The quantitative estimate of drug-likeness (QED) is 0.798. The maximum atomic E-state index is 11.5. The van der Waals surface area contributed by atoms with Gasteiger partial charge >= 0.3 is 0 Å². The number of aromatic amines is 1. The number of likely N-dealkylation sites (N-methyl/N-ethyl adjacent to an activating group) is 1. The summed E-state index contributed by atoms with van der Waals surface area (Å²) in [6.45, 7) is 7.21. The van der Waals surface area contributed by atoms with Crippen LogP contribution in [0.1, 0.15) is 26.3 Å². The molecule has 2 heterocycles. The first-order valence-corrected chi connectivity index (χ1v) is 7.02. The Kier molecular flexibility index (Phi) is 4.92. The lowest BCUT2D eigenvalue weighted by molar-refractivity contribution is -0.116. The predicted molar refractivity (Wildman–Crippen MR) is 81.9 cm³/mol. The van der Waals surface area contributed by atoms with E-state index in [0.717, 1.165) is 10.9 Å². The van der Waals surface area contributed by atoms with Gasteiger partial charge in [-0.1, -0.05) is 13.8 Å². The summed E-state index contributed by atoms with van der Waals surface area (Å²) in [4.78, 5) is 22.9. The van der Waals surface area contributed by atoms with E-state index in [1.165, 1.54) is 12.4 Å². The fourth-order valence-corrected chi connectivity index (χ4v) is 1.84. The Hall–Kier alpha value is -2.37. The molecule has 21 heavy (non-hydrogen) atoms. The van der Waals surface area contributed by atoms with E-state index < -0.39 is 0 Å². The molecule has 2 aromatic heterocycles. The van der Waals surface area contributed by atoms with Crippen LogP contribution in [0.2, 0.25) is 0 Å². The van der Waals surface area contributed by atoms with Gasteiger partial charge in [0.2, 0.25) is 11.8 Å². The van der Waals surface area contributed by atoms with Crippen molar-refractivity contribution in [2.24, 2.45) is 5.92 Å². The zero-order valence-electron chi connectivity index (χ0n) is 12.5. The topological polar surface area (TPSA) is 79.9 Å². The molecule has 2 N–H and O–H groups in total. The maximum absolute atomic E-state index is 11.5. The van der Waals surface area contributed by atoms with Gasteiger partial charge in [0, 0.05) is 24.4 Å². The minimum atomic E-state index is -0.131. The van der Waals surface area contributed by atoms with Crippen LogP contribution in [0.25, 0.3) is 17.1 Å². The number of rotatable bonds is 6. The highest BCUT2D eigenvalue weighted by Crippen LogP contribution is 2.26. The van der Waals surface area contributed by atoms with E-state index in [1.807, 2.05) is 6.92 Å². The van der Waals surface area contributed by atoms with Crippen molar-refractivity contribution in [1.82, 2.24) is 20.3 Å². The van der Waals surface area contributed by atoms with Crippen LogP contribution in [0.3, 0.4) is 0 Å². The molecule has 0 aliphatic carbocycles. The first kappa shape index (κ1) is 15.0. The summed E-state index contributed by atoms with van der Waals surface area (Å²) in [5.41, 5.74) is 1.52. The first-order valence-electron chi connectivity index (χ1n) is 7.02. The second-order valence-electron chi connectivity index (χ2n) is 5.08. The monoisotopic (exact) mass is 288 g/mol. The molecule has 0 spiro atoms. The molecule has 112 valence electrons. The molecule has 6 nitrogen and oxygen atoms in total. The predicted octanol–water partition coefficient (Wildman–Crippen LogP) is 2.14. The fraction of sp³-hybridized carbons (Fsp3) is 0.400. The number of nitrogens with one attached hydrogen (secondary N) is 2. The standard InChI is InChI=1S/C15H20N4O2/c1-4-16-12(20)6-5-11-7-17-14-13(11)15(19-9-18-14)21-8-10(2)3/h5-7,9-10H,4,8H2,1-3H3,(H,16,20)(H,17,18,19). The van der Waals surface area contributed by atoms with Crippen LogP contribution in [-0.2, 0) is 4.79 Å². The van der Waals surface area contributed by atoms with Crippen LogP contribution >= 0.6 is 0 Å². The van der Waals surface area contributed by atoms with Gasteiger partial charge < -0.3 is 15.0 Å². The van der Waals surface area contributed by atoms with Crippen LogP contribution in [0.4, 0.5) is 0 Å². The van der Waals surface area contributed by atoms with E-state index in [2.05, 4.69) is 34.1 Å². The minimum absolute atomic E-state index is 0.131. The second-order valence-corrected chi connectivity index (χ2v) is 5.08. The van der Waals surface area contributed by atoms with Gasteiger partial charge in [-0.3, -0.25) is 4.79 Å². The number of H-pyrrole nitrogens is 1. The van der Waals surface area contributed by atoms with Gasteiger partial charge in [0.15, 0.2) is 0 Å². The summed E-state index contributed by atoms with van der Waals surface area (Å²) in [5, 5.41) is 3.50. The molecule has 0 unspecified atom stereocenters. The van der Waals surface area contributed by atoms with Gasteiger partial charge in [0.05, 0.1) is 12.0 Å². The lowest BCUT2D eigenvalue weighted by Gasteiger charge is -2.08. The van der Waals surface area contributed by atoms with Crippen molar-refractivity contribution >= 4 is 23.0 Å². The molecule has 1 amide bonds. The average Bonchev–Trinajstić information content (AvgIpc) is 2.87. The Labute approximate surface area is 123 Å². The number of carbonyl (C=O) groups is 1. The molecule has 0 saturated heterocycles. The SMILES string of the molecule is CCNC(=O)C=Cc1c[nH]c2ncnc(OCC(C)C)c12. The number of fused-ring (bicyclic) bond motifs is 1. The number of nitrogens with zero attached hydrogens (tertiary/aromatic N) is 2. The first-order chi connectivity index (χ1) is 10.1. The van der Waals surface area contributed by atoms with E-state index in [-0.39, 0.29) is 5.91 Å². The van der Waals surface area contributed by atoms with Crippen LogP contribution < -0.4 is 10.1 Å². The van der Waals surface area contributed by atoms with Crippen molar-refractivity contribution in [2.45, 2.75) is 20.8 Å². The molecule has 0 aliphatic rings. The molecule has 0 atom stereocenters. The highest BCUT2D eigenvalue weighted by molar-refractivity contribution is 5.96. The Balaban J connectivity index is 2.30. The maximum Gasteiger partial charge on any atom is 0.243 e. The van der Waals surface area contributed by atoms with Crippen LogP contribution in [0.5, 0.6) is 5.88 Å². The van der Waals surface area contributed by atoms with E-state index >= 15 is 0 Å². The Bertz CT molecular complexity index is 646. The lowest BCUT2D eigenvalue weighted by Crippen LogP contribution is -2.19. The largest absolute Gasteiger partial charge is 0.477 e. The molecule has 0 bridgehead atoms. The zero-order valence-corrected chi connectivity index (χ0v) is 12.5. The van der Waals surface area contributed by atoms with Crippen molar-refractivity contribution in [1.29, 1.82) is 0 Å². The van der Waals surface area contributed by atoms with Gasteiger partial charge in [0.1, 0.15) is 12.0 Å². The third kappa shape index (κ3) is 3.81. The molecule has 2 aromatic rings. The third-order valence-corrected chi connectivity index (χ3v) is 2.78. The van der Waals surface area contributed by atoms with Crippen molar-refractivity contribution in [3.05, 3.63) is 24.2 Å². The lowest BCUT2D eigenvalue weighted by atomic mass is 10.2. The smallest absolute Gasteiger partial charge is 0.243 e. The zero-order chi connectivity index (χ0) is 15.2. The van der Waals surface area contributed by atoms with E-state index in [9.17, 15) is 4.79 Å². The highest BCUT2D eigenvalue weighted by atomic mass is 16.5. The Morgan fingerprint density at radius 2 is 2.29 bits per heavy atom. The van der Waals surface area contributed by atoms with Crippen molar-refractivity contribution in [3.63, 3.8) is 0 Å². The van der Waals surface area contributed by atoms with Crippen molar-refractivity contribution < 1.29 is 9.53 Å². The van der Waals surface area contributed by atoms with Gasteiger partial charge in [-0.05, 0) is 18.9 Å². The Morgan fingerprint density at radius 3 is 3.00 bits per heavy atom. The van der Waals surface area contributed by atoms with Crippen LogP contribution in [0.15, 0.2) is 18.6 Å². The van der Waals surface area contributed by atoms with Crippen LogP contribution in [0, 0.1) is 5.92 Å². The molecule has 0 fully saturated rings. The number of amides is 1. The normalized spacial score (nSPS) is 11.4. The van der Waals surface area contributed by atoms with E-state index in [4.69, 9.17) is 4.74 Å². The molecule has 0 aromatic carbocycles. The number of carbonyl (C=O) groups excluding carboxylic acids is 1. The number of ether oxygens (including phenoxy) is 1. The summed E-state index contributed by atoms with van der Waals surface area (Å²) in [7, 11) is 0. The van der Waals surface area contributed by atoms with E-state index in [0.29, 0.717) is 30.6 Å². The summed E-state index contributed by atoms with van der Waals surface area (Å²) in [5.74, 6) is 0.808. The van der Waals surface area contributed by atoms with Gasteiger partial charge in [-0.2, -0.15) is 0 Å². The summed E-state index contributed by atoms with van der Waals surface area (Å²) in [6, 6.07) is 0. The summed E-state index contributed by atoms with van der Waals surface area (Å²) in [6.07, 6.45) is 6.48. The van der Waals surface area contributed by atoms with Gasteiger partial charge in [-0.15, -0.1) is 0 Å². The summed E-state index contributed by atoms with van der Waals surface area (Å²) < 4.78 is 5.73. The van der Waals surface area contributed by atoms with Crippen LogP contribution in [-0.4, -0.2) is 34.0 Å². The second kappa shape index (κ2) is 6.88. The van der Waals surface area contributed by atoms with Crippen molar-refractivity contribution in [3.8, 4) is 5.88 Å². The van der Waals surface area contributed by atoms with E-state index in [1.54, 1.807) is 12.3 Å². The molecule has 2 rings (SSSR count). The highest BCUT2D eigenvalue weighted by Gasteiger charge is 2.11. The molecule has 0 aliphatic heterocycles. The van der Waals surface area contributed by atoms with Crippen molar-refractivity contribution in [2.75, 3.05) is 13.2 Å². The number of aromatic nitrogens is 3. The third-order valence-electron chi connectivity index (χ3n) is 2.78. The minimum Gasteiger partial charge on any atom is -0.477 e. The number of hydrogen-bond donors (Lipinski definition) is 2. The fourth-order valence-electron chi connectivity index (χ4n) is 1.84. The number of hydrogen-bond acceptors (Lipinski definition) is 4. The summed E-state index contributed by atoms with van der Waals surface area (Å²) >= 11 is 0. The van der Waals surface area contributed by atoms with Gasteiger partial charge in [0.25, 0.3) is 0 Å². The molecular weight excluding hydrogens is 268 g/mol. The molecular formula is C15H20N4O2. The Morgan fingerprint density at radius 1 is 1.48 bits per heavy atom.